The standard InChI is InChI=1S/2C32H67N.C14H21BO2/c2*1-3-5-7-9-11-13-15-17-19-21-23-25-27-29-31-33-32-30-28-26-24-22-20-18-16-14-12-10-8-6-4-2;1-2-3-4-5-6-7-8-13-9-11-14(12-10-13)15(16)17/h2*33H,3-32H2,1-2H3;9-12H,2-8H2,1H3/q;;-2/p+2. The smallest absolute Gasteiger partial charge is 0.0755 e. The monoisotopic (exact) mass is 1170 g/mol. The predicted octanol–water partition coefficient (Wildman–Crippen LogP) is 22.0. The predicted molar refractivity (Wildman–Crippen MR) is 373 cm³/mol. The first-order chi connectivity index (χ1) is 41.1. The molecule has 4 nitrogen and oxygen atoms in total. The summed E-state index contributed by atoms with van der Waals surface area (Å²) in [5.74, 6) is 0. The van der Waals surface area contributed by atoms with E-state index in [-0.39, 0.29) is 0 Å². The third kappa shape index (κ3) is 77.2. The third-order valence-corrected chi connectivity index (χ3v) is 18.1. The molecule has 1 rings (SSSR count). The van der Waals surface area contributed by atoms with Crippen LogP contribution in [0.1, 0.15) is 438 Å². The van der Waals surface area contributed by atoms with Crippen molar-refractivity contribution in [1.29, 1.82) is 0 Å². The summed E-state index contributed by atoms with van der Waals surface area (Å²) in [6.45, 7) is 16.9. The average Bonchev–Trinajstić information content (AvgIpc) is 3.53. The molecular weight excluding hydrogens is 1010 g/mol. The molecule has 0 fully saturated rings. The maximum absolute atomic E-state index is 10.6. The average molecular weight is 1170 g/mol. The van der Waals surface area contributed by atoms with Crippen molar-refractivity contribution in [3.63, 3.8) is 0 Å². The fraction of sp³-hybridized carbons (Fsp3) is 0.923. The molecule has 0 saturated heterocycles. The van der Waals surface area contributed by atoms with Crippen molar-refractivity contribution in [2.75, 3.05) is 26.2 Å². The molecule has 5 heteroatoms. The van der Waals surface area contributed by atoms with Gasteiger partial charge in [0.2, 0.25) is 0 Å². The maximum atomic E-state index is 10.6. The van der Waals surface area contributed by atoms with Gasteiger partial charge in [-0.1, -0.05) is 406 Å². The molecule has 0 aliphatic rings. The van der Waals surface area contributed by atoms with E-state index in [9.17, 15) is 10.0 Å². The van der Waals surface area contributed by atoms with Crippen LogP contribution in [0.5, 0.6) is 0 Å². The number of rotatable bonds is 68. The molecule has 4 N–H and O–H groups in total. The van der Waals surface area contributed by atoms with Crippen LogP contribution in [0.4, 0.5) is 0 Å². The molecule has 1 aromatic carbocycles. The Balaban J connectivity index is 0. The number of unbranched alkanes of at least 4 members (excludes halogenated alkanes) is 57. The lowest BCUT2D eigenvalue weighted by Crippen LogP contribution is -2.84. The van der Waals surface area contributed by atoms with Crippen LogP contribution in [-0.4, -0.2) is 33.3 Å². The Morgan fingerprint density at radius 1 is 0.217 bits per heavy atom. The summed E-state index contributed by atoms with van der Waals surface area (Å²) in [5.41, 5.74) is 1.57. The summed E-state index contributed by atoms with van der Waals surface area (Å²) < 4.78 is 0. The Kier molecular flexibility index (Phi) is 80.3. The number of hydrogen-bond donors (Lipinski definition) is 2. The molecule has 0 heterocycles. The quantitative estimate of drug-likeness (QED) is 0.0503. The highest BCUT2D eigenvalue weighted by molar-refractivity contribution is 6.55. The Bertz CT molecular complexity index is 1110. The van der Waals surface area contributed by atoms with Gasteiger partial charge in [0.05, 0.1) is 26.2 Å². The van der Waals surface area contributed by atoms with Crippen molar-refractivity contribution in [2.24, 2.45) is 0 Å². The van der Waals surface area contributed by atoms with Gasteiger partial charge < -0.3 is 20.7 Å². The van der Waals surface area contributed by atoms with Gasteiger partial charge >= 0.3 is 0 Å². The van der Waals surface area contributed by atoms with Crippen molar-refractivity contribution in [2.45, 2.75) is 439 Å². The Labute approximate surface area is 525 Å². The zero-order valence-electron chi connectivity index (χ0n) is 58.2. The first kappa shape index (κ1) is 84.2. The topological polar surface area (TPSA) is 79.3 Å². The Morgan fingerprint density at radius 3 is 0.542 bits per heavy atom. The molecule has 0 amide bonds. The zero-order chi connectivity index (χ0) is 60.4. The minimum absolute atomic E-state index is 0.344. The first-order valence-electron chi connectivity index (χ1n) is 39.1. The number of quaternary nitrogens is 2. The second-order valence-corrected chi connectivity index (χ2v) is 26.7. The Hall–Kier alpha value is -0.875. The van der Waals surface area contributed by atoms with Gasteiger partial charge in [-0.2, -0.15) is 0 Å². The molecule has 0 aliphatic carbocycles. The van der Waals surface area contributed by atoms with Crippen LogP contribution in [0.25, 0.3) is 0 Å². The van der Waals surface area contributed by atoms with Gasteiger partial charge in [0.1, 0.15) is 0 Å². The van der Waals surface area contributed by atoms with Gasteiger partial charge in [-0.05, 0) is 69.8 Å². The van der Waals surface area contributed by atoms with Crippen molar-refractivity contribution in [3.8, 4) is 0 Å². The minimum atomic E-state index is -1.85. The van der Waals surface area contributed by atoms with Gasteiger partial charge in [-0.3, -0.25) is 0 Å². The van der Waals surface area contributed by atoms with E-state index in [4.69, 9.17) is 0 Å². The molecule has 0 radical (unpaired) electrons. The number of nitrogens with two attached hydrogens (primary N) is 2. The largest absolute Gasteiger partial charge is 0.889 e. The fourth-order valence-electron chi connectivity index (χ4n) is 12.2. The lowest BCUT2D eigenvalue weighted by Gasteiger charge is -2.26. The fourth-order valence-corrected chi connectivity index (χ4v) is 12.2. The Morgan fingerprint density at radius 2 is 0.373 bits per heavy atom. The summed E-state index contributed by atoms with van der Waals surface area (Å²) >= 11 is 0. The van der Waals surface area contributed by atoms with Crippen molar-refractivity contribution >= 4 is 12.6 Å². The normalized spacial score (nSPS) is 11.3. The van der Waals surface area contributed by atoms with Gasteiger partial charge in [0.15, 0.2) is 0 Å². The molecule has 0 unspecified atom stereocenters. The van der Waals surface area contributed by atoms with E-state index >= 15 is 0 Å². The first-order valence-corrected chi connectivity index (χ1v) is 39.1. The van der Waals surface area contributed by atoms with Crippen molar-refractivity contribution < 1.29 is 20.7 Å². The maximum Gasteiger partial charge on any atom is 0.0755 e. The third-order valence-electron chi connectivity index (χ3n) is 18.1. The second-order valence-electron chi connectivity index (χ2n) is 26.7. The van der Waals surface area contributed by atoms with E-state index in [0.29, 0.717) is 5.46 Å². The molecule has 0 aliphatic heterocycles. The highest BCUT2D eigenvalue weighted by Crippen LogP contribution is 2.17. The molecule has 83 heavy (non-hydrogen) atoms. The summed E-state index contributed by atoms with van der Waals surface area (Å²) in [6.07, 6.45) is 90.9. The number of hydrogen-bond acceptors (Lipinski definition) is 2. The van der Waals surface area contributed by atoms with Crippen LogP contribution in [-0.2, 0) is 6.42 Å². The molecule has 1 aromatic rings. The van der Waals surface area contributed by atoms with Crippen LogP contribution in [0.2, 0.25) is 0 Å². The van der Waals surface area contributed by atoms with Crippen LogP contribution in [0, 0.1) is 0 Å². The van der Waals surface area contributed by atoms with Gasteiger partial charge in [0.25, 0.3) is 0 Å². The highest BCUT2D eigenvalue weighted by atomic mass is 16.4. The van der Waals surface area contributed by atoms with E-state index in [2.05, 4.69) is 45.3 Å². The zero-order valence-corrected chi connectivity index (χ0v) is 58.2. The van der Waals surface area contributed by atoms with E-state index < -0.39 is 7.12 Å². The molecule has 0 bridgehead atoms. The van der Waals surface area contributed by atoms with Crippen molar-refractivity contribution in [3.05, 3.63) is 29.8 Å². The van der Waals surface area contributed by atoms with Crippen LogP contribution in [0.15, 0.2) is 24.3 Å². The highest BCUT2D eigenvalue weighted by Gasteiger charge is 2.01. The number of aryl methyl sites for hydroxylation is 1. The van der Waals surface area contributed by atoms with Crippen LogP contribution < -0.4 is 26.1 Å². The lowest BCUT2D eigenvalue weighted by atomic mass is 9.80. The van der Waals surface area contributed by atoms with E-state index in [1.54, 1.807) is 12.1 Å². The molecule has 0 aromatic heterocycles. The van der Waals surface area contributed by atoms with Gasteiger partial charge in [0, 0.05) is 0 Å². The van der Waals surface area contributed by atoms with E-state index in [0.717, 1.165) is 6.42 Å². The van der Waals surface area contributed by atoms with Crippen LogP contribution in [0.3, 0.4) is 0 Å². The summed E-state index contributed by atoms with van der Waals surface area (Å²) in [7, 11) is -1.85. The molecule has 0 atom stereocenters. The summed E-state index contributed by atoms with van der Waals surface area (Å²) in [5, 5.41) is 26.5. The molecular formula is C78H157BN2O2. The number of benzene rings is 1. The minimum Gasteiger partial charge on any atom is -0.889 e. The van der Waals surface area contributed by atoms with Crippen LogP contribution >= 0.6 is 0 Å². The summed E-state index contributed by atoms with van der Waals surface area (Å²) in [6, 6.07) is 7.14. The molecule has 494 valence electrons. The lowest BCUT2D eigenvalue weighted by molar-refractivity contribution is -0.655. The van der Waals surface area contributed by atoms with Gasteiger partial charge in [-0.15, -0.1) is 5.46 Å². The summed E-state index contributed by atoms with van der Waals surface area (Å²) in [4.78, 5) is 0. The van der Waals surface area contributed by atoms with E-state index in [1.807, 2.05) is 12.1 Å². The molecule has 0 spiro atoms. The van der Waals surface area contributed by atoms with E-state index in [1.165, 1.54) is 430 Å². The van der Waals surface area contributed by atoms with Crippen molar-refractivity contribution in [1.82, 2.24) is 0 Å². The molecule has 0 saturated carbocycles. The SMILES string of the molecule is CCCCCCCCCCCCCCCC[NH2+]CCCCCCCCCCCCCCCC.CCCCCCCCCCCCCCCC[NH2+]CCCCCCCCCCCCCCCC.CCCCCCCCc1ccc(B([O-])[O-])cc1. The van der Waals surface area contributed by atoms with Gasteiger partial charge in [-0.25, -0.2) is 0 Å². The second kappa shape index (κ2) is 79.1.